The summed E-state index contributed by atoms with van der Waals surface area (Å²) in [6.07, 6.45) is 5.62. The molecule has 0 spiro atoms. The highest BCUT2D eigenvalue weighted by molar-refractivity contribution is 5.81. The van der Waals surface area contributed by atoms with Gasteiger partial charge in [-0.05, 0) is 62.1 Å². The van der Waals surface area contributed by atoms with E-state index in [1.165, 1.54) is 25.1 Å². The minimum Gasteiger partial charge on any atom is -0.481 e. The molecule has 1 aromatic carbocycles. The molecular weight excluding hydrogens is 345 g/mol. The second-order valence-electron chi connectivity index (χ2n) is 7.86. The van der Waals surface area contributed by atoms with Crippen LogP contribution >= 0.6 is 0 Å². The maximum absolute atomic E-state index is 13.4. The molecule has 0 atom stereocenters. The van der Waals surface area contributed by atoms with Gasteiger partial charge < -0.3 is 9.84 Å². The van der Waals surface area contributed by atoms with E-state index in [9.17, 15) is 14.3 Å². The maximum atomic E-state index is 13.4. The number of nitrogens with zero attached hydrogens (tertiary/aromatic N) is 1. The topological polar surface area (TPSA) is 59.4 Å². The summed E-state index contributed by atoms with van der Waals surface area (Å²) in [4.78, 5) is 16.5. The van der Waals surface area contributed by atoms with Gasteiger partial charge in [-0.25, -0.2) is 4.39 Å². The number of pyridine rings is 1. The summed E-state index contributed by atoms with van der Waals surface area (Å²) in [5, 5.41) is 10.0. The number of benzene rings is 1. The second kappa shape index (κ2) is 7.04. The minimum atomic E-state index is -0.909. The number of halogens is 1. The zero-order valence-corrected chi connectivity index (χ0v) is 15.2. The summed E-state index contributed by atoms with van der Waals surface area (Å²) in [5.41, 5.74) is -0.00505. The van der Waals surface area contributed by atoms with Crippen molar-refractivity contribution < 1.29 is 19.0 Å². The van der Waals surface area contributed by atoms with Crippen molar-refractivity contribution in [2.45, 2.75) is 49.5 Å². The van der Waals surface area contributed by atoms with Gasteiger partial charge in [0.15, 0.2) is 0 Å². The van der Waals surface area contributed by atoms with Crippen LogP contribution in [-0.4, -0.2) is 22.7 Å². The number of hydrogen-bond donors (Lipinski definition) is 1. The first-order valence-electron chi connectivity index (χ1n) is 9.59. The SMILES string of the molecule is O=C(O)C1(c2ccccc2)CCC(OCC2CC2)(c2ccc(F)cn2)CC1. The molecule has 0 amide bonds. The molecule has 2 aliphatic rings. The van der Waals surface area contributed by atoms with Gasteiger partial charge in [0.25, 0.3) is 0 Å². The van der Waals surface area contributed by atoms with E-state index in [0.717, 1.165) is 5.56 Å². The fourth-order valence-corrected chi connectivity index (χ4v) is 4.15. The van der Waals surface area contributed by atoms with E-state index in [4.69, 9.17) is 4.74 Å². The van der Waals surface area contributed by atoms with E-state index >= 15 is 0 Å². The van der Waals surface area contributed by atoms with Crippen molar-refractivity contribution in [2.24, 2.45) is 5.92 Å². The van der Waals surface area contributed by atoms with Crippen molar-refractivity contribution in [3.8, 4) is 0 Å². The van der Waals surface area contributed by atoms with E-state index in [-0.39, 0.29) is 5.82 Å². The van der Waals surface area contributed by atoms with Crippen molar-refractivity contribution in [1.29, 1.82) is 0 Å². The third kappa shape index (κ3) is 3.48. The number of aliphatic carboxylic acids is 1. The standard InChI is InChI=1S/C22H24FNO3/c23-18-8-9-19(24-14-18)22(27-15-16-6-7-16)12-10-21(11-13-22,20(25)26)17-4-2-1-3-5-17/h1-5,8-9,14,16H,6-7,10-13,15H2,(H,25,26). The van der Waals surface area contributed by atoms with Crippen molar-refractivity contribution in [1.82, 2.24) is 4.98 Å². The fourth-order valence-electron chi connectivity index (χ4n) is 4.15. The molecule has 2 fully saturated rings. The van der Waals surface area contributed by atoms with Gasteiger partial charge in [-0.3, -0.25) is 9.78 Å². The van der Waals surface area contributed by atoms with Crippen molar-refractivity contribution >= 4 is 5.97 Å². The Morgan fingerprint density at radius 3 is 2.37 bits per heavy atom. The molecule has 5 heteroatoms. The molecule has 1 aromatic heterocycles. The normalized spacial score (nSPS) is 28.0. The number of ether oxygens (including phenoxy) is 1. The lowest BCUT2D eigenvalue weighted by Gasteiger charge is -2.44. The summed E-state index contributed by atoms with van der Waals surface area (Å²) in [5.74, 6) is -0.588. The van der Waals surface area contributed by atoms with Crippen LogP contribution in [0, 0.1) is 11.7 Å². The number of hydrogen-bond acceptors (Lipinski definition) is 3. The molecule has 0 unspecified atom stereocenters. The van der Waals surface area contributed by atoms with Crippen LogP contribution in [0.2, 0.25) is 0 Å². The Labute approximate surface area is 158 Å². The van der Waals surface area contributed by atoms with E-state index in [1.54, 1.807) is 6.07 Å². The average Bonchev–Trinajstić information content (AvgIpc) is 3.52. The van der Waals surface area contributed by atoms with Crippen LogP contribution in [0.4, 0.5) is 4.39 Å². The van der Waals surface area contributed by atoms with Gasteiger partial charge in [0.1, 0.15) is 11.4 Å². The van der Waals surface area contributed by atoms with E-state index in [1.807, 2.05) is 30.3 Å². The summed E-state index contributed by atoms with van der Waals surface area (Å²) in [6, 6.07) is 12.5. The van der Waals surface area contributed by atoms with E-state index in [2.05, 4.69) is 4.98 Å². The molecule has 0 saturated heterocycles. The van der Waals surface area contributed by atoms with Gasteiger partial charge in [0, 0.05) is 0 Å². The van der Waals surface area contributed by atoms with Gasteiger partial charge in [0.2, 0.25) is 0 Å². The van der Waals surface area contributed by atoms with Crippen LogP contribution in [-0.2, 0) is 20.5 Å². The molecular formula is C22H24FNO3. The first kappa shape index (κ1) is 18.1. The lowest BCUT2D eigenvalue weighted by atomic mass is 9.64. The molecule has 0 radical (unpaired) electrons. The number of carboxylic acid groups (broad SMARTS) is 1. The zero-order chi connectivity index (χ0) is 18.9. The molecule has 0 aliphatic heterocycles. The lowest BCUT2D eigenvalue weighted by Crippen LogP contribution is -2.46. The number of carboxylic acids is 1. The predicted octanol–water partition coefficient (Wildman–Crippen LogP) is 4.44. The molecule has 2 aromatic rings. The number of carbonyl (C=O) groups is 1. The Bertz CT molecular complexity index is 794. The lowest BCUT2D eigenvalue weighted by molar-refractivity contribution is -0.151. The Balaban J connectivity index is 1.63. The number of aromatic nitrogens is 1. The first-order valence-corrected chi connectivity index (χ1v) is 9.59. The van der Waals surface area contributed by atoms with Crippen LogP contribution in [0.15, 0.2) is 48.7 Å². The Hall–Kier alpha value is -2.27. The Kier molecular flexibility index (Phi) is 4.72. The summed E-state index contributed by atoms with van der Waals surface area (Å²) in [6.45, 7) is 0.657. The average molecular weight is 369 g/mol. The van der Waals surface area contributed by atoms with Crippen LogP contribution in [0.25, 0.3) is 0 Å². The summed E-state index contributed by atoms with van der Waals surface area (Å²) >= 11 is 0. The van der Waals surface area contributed by atoms with E-state index in [0.29, 0.717) is 43.9 Å². The van der Waals surface area contributed by atoms with Crippen LogP contribution < -0.4 is 0 Å². The molecule has 4 nitrogen and oxygen atoms in total. The smallest absolute Gasteiger partial charge is 0.314 e. The van der Waals surface area contributed by atoms with Crippen LogP contribution in [0.3, 0.4) is 0 Å². The minimum absolute atomic E-state index is 0.379. The highest BCUT2D eigenvalue weighted by atomic mass is 19.1. The fraction of sp³-hybridized carbons (Fsp3) is 0.455. The van der Waals surface area contributed by atoms with Gasteiger partial charge >= 0.3 is 5.97 Å². The van der Waals surface area contributed by atoms with Crippen molar-refractivity contribution in [2.75, 3.05) is 6.61 Å². The Morgan fingerprint density at radius 1 is 1.11 bits per heavy atom. The van der Waals surface area contributed by atoms with Gasteiger partial charge in [0.05, 0.1) is 23.9 Å². The second-order valence-corrected chi connectivity index (χ2v) is 7.86. The van der Waals surface area contributed by atoms with Crippen LogP contribution in [0.1, 0.15) is 49.8 Å². The molecule has 1 N–H and O–H groups in total. The predicted molar refractivity (Wildman–Crippen MR) is 98.8 cm³/mol. The third-order valence-corrected chi connectivity index (χ3v) is 6.13. The van der Waals surface area contributed by atoms with Crippen LogP contribution in [0.5, 0.6) is 0 Å². The maximum Gasteiger partial charge on any atom is 0.314 e. The van der Waals surface area contributed by atoms with Crippen molar-refractivity contribution in [3.63, 3.8) is 0 Å². The quantitative estimate of drug-likeness (QED) is 0.818. The zero-order valence-electron chi connectivity index (χ0n) is 15.2. The molecule has 4 rings (SSSR count). The molecule has 142 valence electrons. The van der Waals surface area contributed by atoms with Gasteiger partial charge in [-0.15, -0.1) is 0 Å². The largest absolute Gasteiger partial charge is 0.481 e. The molecule has 1 heterocycles. The third-order valence-electron chi connectivity index (χ3n) is 6.13. The first-order chi connectivity index (χ1) is 13.0. The summed E-state index contributed by atoms with van der Waals surface area (Å²) in [7, 11) is 0. The Morgan fingerprint density at radius 2 is 1.81 bits per heavy atom. The molecule has 27 heavy (non-hydrogen) atoms. The molecule has 0 bridgehead atoms. The highest BCUT2D eigenvalue weighted by Crippen LogP contribution is 2.49. The molecule has 2 saturated carbocycles. The van der Waals surface area contributed by atoms with Gasteiger partial charge in [-0.2, -0.15) is 0 Å². The highest BCUT2D eigenvalue weighted by Gasteiger charge is 2.50. The summed E-state index contributed by atoms with van der Waals surface area (Å²) < 4.78 is 19.7. The van der Waals surface area contributed by atoms with Gasteiger partial charge in [-0.1, -0.05) is 30.3 Å². The monoisotopic (exact) mass is 369 g/mol. The molecule has 2 aliphatic carbocycles. The van der Waals surface area contributed by atoms with Crippen molar-refractivity contribution in [3.05, 3.63) is 65.7 Å². The van der Waals surface area contributed by atoms with E-state index < -0.39 is 17.0 Å². The number of rotatable bonds is 6.